The van der Waals surface area contributed by atoms with Crippen molar-refractivity contribution in [1.29, 1.82) is 0 Å². The molecule has 2 heterocycles. The van der Waals surface area contributed by atoms with Gasteiger partial charge in [-0.3, -0.25) is 0 Å². The van der Waals surface area contributed by atoms with Crippen molar-refractivity contribution in [3.05, 3.63) is 200 Å². The second-order valence-corrected chi connectivity index (χ2v) is 12.9. The topological polar surface area (TPSA) is 64.5 Å². The van der Waals surface area contributed by atoms with Gasteiger partial charge in [0, 0.05) is 33.4 Å². The minimum atomic E-state index is 0.616. The van der Waals surface area contributed by atoms with Crippen LogP contribution in [-0.2, 0) is 0 Å². The number of benzene rings is 7. The monoisotopic (exact) mass is 691 g/mol. The quantitative estimate of drug-likeness (QED) is 0.159. The van der Waals surface area contributed by atoms with Crippen LogP contribution in [0.4, 0.5) is 0 Å². The number of nitrogens with zero attached hydrogens (tertiary/aromatic N) is 5. The summed E-state index contributed by atoms with van der Waals surface area (Å²) >= 11 is 0. The highest BCUT2D eigenvalue weighted by Crippen LogP contribution is 2.35. The summed E-state index contributed by atoms with van der Waals surface area (Å²) in [6, 6.07) is 68.2. The first-order valence-corrected chi connectivity index (χ1v) is 17.9. The van der Waals surface area contributed by atoms with Crippen LogP contribution in [0.1, 0.15) is 0 Å². The highest BCUT2D eigenvalue weighted by atomic mass is 15.0. The van der Waals surface area contributed by atoms with Gasteiger partial charge >= 0.3 is 0 Å². The lowest BCUT2D eigenvalue weighted by Gasteiger charge is -2.13. The Morgan fingerprint density at radius 2 is 0.556 bits per heavy atom. The van der Waals surface area contributed by atoms with Crippen molar-refractivity contribution in [3.63, 3.8) is 0 Å². The molecule has 0 aliphatic rings. The van der Waals surface area contributed by atoms with Gasteiger partial charge in [0.1, 0.15) is 0 Å². The first-order valence-electron chi connectivity index (χ1n) is 17.9. The zero-order valence-corrected chi connectivity index (χ0v) is 29.3. The summed E-state index contributed by atoms with van der Waals surface area (Å²) < 4.78 is 0. The zero-order chi connectivity index (χ0) is 36.1. The third-order valence-corrected chi connectivity index (χ3v) is 9.36. The van der Waals surface area contributed by atoms with Gasteiger partial charge in [-0.05, 0) is 40.5 Å². The van der Waals surface area contributed by atoms with E-state index in [2.05, 4.69) is 115 Å². The third-order valence-electron chi connectivity index (χ3n) is 9.36. The van der Waals surface area contributed by atoms with E-state index < -0.39 is 0 Å². The molecule has 0 spiro atoms. The van der Waals surface area contributed by atoms with Gasteiger partial charge in [0.15, 0.2) is 23.3 Å². The van der Waals surface area contributed by atoms with Gasteiger partial charge in [0.25, 0.3) is 0 Å². The fraction of sp³-hybridized carbons (Fsp3) is 0. The van der Waals surface area contributed by atoms with Gasteiger partial charge in [-0.2, -0.15) is 0 Å². The van der Waals surface area contributed by atoms with Gasteiger partial charge in [-0.15, -0.1) is 0 Å². The van der Waals surface area contributed by atoms with Crippen LogP contribution in [0.25, 0.3) is 90.3 Å². The fourth-order valence-corrected chi connectivity index (χ4v) is 6.66. The van der Waals surface area contributed by atoms with Crippen molar-refractivity contribution < 1.29 is 0 Å². The molecule has 5 heteroatoms. The molecule has 7 aromatic carbocycles. The van der Waals surface area contributed by atoms with Crippen molar-refractivity contribution in [2.24, 2.45) is 0 Å². The maximum absolute atomic E-state index is 5.14. The van der Waals surface area contributed by atoms with Gasteiger partial charge in [-0.1, -0.05) is 182 Å². The van der Waals surface area contributed by atoms with E-state index in [9.17, 15) is 0 Å². The molecule has 0 radical (unpaired) electrons. The Balaban J connectivity index is 1.14. The summed E-state index contributed by atoms with van der Waals surface area (Å²) in [6.07, 6.45) is 0. The summed E-state index contributed by atoms with van der Waals surface area (Å²) in [5, 5.41) is 0. The Labute approximate surface area is 314 Å². The lowest BCUT2D eigenvalue weighted by Crippen LogP contribution is -2.00. The number of aromatic nitrogens is 5. The van der Waals surface area contributed by atoms with E-state index in [0.717, 1.165) is 67.0 Å². The molecule has 9 rings (SSSR count). The van der Waals surface area contributed by atoms with E-state index in [1.165, 1.54) is 0 Å². The third kappa shape index (κ3) is 6.82. The summed E-state index contributed by atoms with van der Waals surface area (Å²) in [6.45, 7) is 0. The highest BCUT2D eigenvalue weighted by molar-refractivity contribution is 5.85. The standard InChI is InChI=1S/C49H33N5/c1-5-17-34(18-6-1)42-29-13-14-30-43(42)45-33-44(50-46(51-45)35-19-7-2-8-20-35)40-27-15-25-38(31-40)39-26-16-28-41(32-39)49-53-47(36-21-9-3-10-22-36)52-48(54-49)37-23-11-4-12-24-37/h1-33H. The molecule has 0 N–H and O–H groups in total. The van der Waals surface area contributed by atoms with Gasteiger partial charge in [0.05, 0.1) is 11.4 Å². The van der Waals surface area contributed by atoms with Crippen LogP contribution in [0.5, 0.6) is 0 Å². The number of rotatable bonds is 8. The number of hydrogen-bond acceptors (Lipinski definition) is 5. The lowest BCUT2D eigenvalue weighted by atomic mass is 9.96. The summed E-state index contributed by atoms with van der Waals surface area (Å²) in [5.74, 6) is 2.56. The normalized spacial score (nSPS) is 11.0. The van der Waals surface area contributed by atoms with E-state index >= 15 is 0 Å². The molecule has 0 amide bonds. The first kappa shape index (κ1) is 32.5. The zero-order valence-electron chi connectivity index (χ0n) is 29.3. The molecule has 0 aliphatic carbocycles. The molecule has 0 atom stereocenters. The maximum Gasteiger partial charge on any atom is 0.164 e. The van der Waals surface area contributed by atoms with E-state index in [1.54, 1.807) is 0 Å². The highest BCUT2D eigenvalue weighted by Gasteiger charge is 2.16. The van der Waals surface area contributed by atoms with Crippen molar-refractivity contribution in [1.82, 2.24) is 24.9 Å². The second kappa shape index (κ2) is 14.7. The molecular formula is C49H33N5. The lowest BCUT2D eigenvalue weighted by molar-refractivity contribution is 1.07. The minimum Gasteiger partial charge on any atom is -0.228 e. The fourth-order valence-electron chi connectivity index (χ4n) is 6.66. The molecule has 254 valence electrons. The van der Waals surface area contributed by atoms with E-state index in [0.29, 0.717) is 23.3 Å². The van der Waals surface area contributed by atoms with E-state index in [4.69, 9.17) is 24.9 Å². The smallest absolute Gasteiger partial charge is 0.164 e. The first-order chi connectivity index (χ1) is 26.7. The molecule has 5 nitrogen and oxygen atoms in total. The Hall–Kier alpha value is -7.37. The molecule has 0 saturated heterocycles. The molecule has 54 heavy (non-hydrogen) atoms. The maximum atomic E-state index is 5.14. The van der Waals surface area contributed by atoms with E-state index in [-0.39, 0.29) is 0 Å². The van der Waals surface area contributed by atoms with Crippen LogP contribution in [0, 0.1) is 0 Å². The van der Waals surface area contributed by atoms with E-state index in [1.807, 2.05) is 84.9 Å². The van der Waals surface area contributed by atoms with Crippen LogP contribution < -0.4 is 0 Å². The Morgan fingerprint density at radius 3 is 1.09 bits per heavy atom. The van der Waals surface area contributed by atoms with Crippen LogP contribution in [-0.4, -0.2) is 24.9 Å². The average molecular weight is 692 g/mol. The van der Waals surface area contributed by atoms with Crippen molar-refractivity contribution in [3.8, 4) is 90.3 Å². The van der Waals surface area contributed by atoms with Crippen molar-refractivity contribution in [2.45, 2.75) is 0 Å². The predicted octanol–water partition coefficient (Wildman–Crippen LogP) is 12.0. The Morgan fingerprint density at radius 1 is 0.204 bits per heavy atom. The molecule has 2 aromatic heterocycles. The van der Waals surface area contributed by atoms with Crippen LogP contribution in [0.2, 0.25) is 0 Å². The average Bonchev–Trinajstić information content (AvgIpc) is 3.27. The number of hydrogen-bond donors (Lipinski definition) is 0. The predicted molar refractivity (Wildman–Crippen MR) is 219 cm³/mol. The molecular weight excluding hydrogens is 659 g/mol. The van der Waals surface area contributed by atoms with Crippen LogP contribution >= 0.6 is 0 Å². The molecule has 0 aliphatic heterocycles. The van der Waals surface area contributed by atoms with Crippen LogP contribution in [0.15, 0.2) is 200 Å². The SMILES string of the molecule is c1ccc(-c2nc(-c3cccc(-c4cccc(-c5nc(-c6ccccc6)nc(-c6ccccc6)n5)c4)c3)cc(-c3ccccc3-c3ccccc3)n2)cc1. The molecule has 0 saturated carbocycles. The van der Waals surface area contributed by atoms with Gasteiger partial charge in [-0.25, -0.2) is 24.9 Å². The Bertz CT molecular complexity index is 2640. The molecule has 9 aromatic rings. The summed E-state index contributed by atoms with van der Waals surface area (Å²) in [5.41, 5.74) is 11.9. The van der Waals surface area contributed by atoms with Crippen LogP contribution in [0.3, 0.4) is 0 Å². The van der Waals surface area contributed by atoms with Crippen molar-refractivity contribution >= 4 is 0 Å². The minimum absolute atomic E-state index is 0.616. The summed E-state index contributed by atoms with van der Waals surface area (Å²) in [4.78, 5) is 25.1. The second-order valence-electron chi connectivity index (χ2n) is 12.9. The largest absolute Gasteiger partial charge is 0.228 e. The molecule has 0 bridgehead atoms. The molecule has 0 fully saturated rings. The van der Waals surface area contributed by atoms with Gasteiger partial charge in [0.2, 0.25) is 0 Å². The van der Waals surface area contributed by atoms with Gasteiger partial charge < -0.3 is 0 Å². The molecule has 0 unspecified atom stereocenters. The Kier molecular flexibility index (Phi) is 8.86. The summed E-state index contributed by atoms with van der Waals surface area (Å²) in [7, 11) is 0. The van der Waals surface area contributed by atoms with Crippen molar-refractivity contribution in [2.75, 3.05) is 0 Å².